The summed E-state index contributed by atoms with van der Waals surface area (Å²) >= 11 is 1.79. The van der Waals surface area contributed by atoms with Gasteiger partial charge >= 0.3 is 5.97 Å². The first-order valence-electron chi connectivity index (χ1n) is 6.84. The van der Waals surface area contributed by atoms with Gasteiger partial charge in [-0.25, -0.2) is 4.98 Å². The molecule has 1 aromatic heterocycles. The highest BCUT2D eigenvalue weighted by molar-refractivity contribution is 7.12. The van der Waals surface area contributed by atoms with Crippen molar-refractivity contribution in [1.82, 2.24) is 9.88 Å². The van der Waals surface area contributed by atoms with Crippen molar-refractivity contribution >= 4 is 17.3 Å². The number of aromatic nitrogens is 1. The molecule has 2 atom stereocenters. The van der Waals surface area contributed by atoms with E-state index in [0.717, 1.165) is 19.3 Å². The highest BCUT2D eigenvalue weighted by atomic mass is 32.1. The zero-order chi connectivity index (χ0) is 13.8. The van der Waals surface area contributed by atoms with E-state index in [2.05, 4.69) is 25.7 Å². The number of rotatable bonds is 2. The molecule has 5 heteroatoms. The molecule has 2 aliphatic rings. The second kappa shape index (κ2) is 4.28. The highest BCUT2D eigenvalue weighted by Crippen LogP contribution is 2.47. The van der Waals surface area contributed by atoms with Gasteiger partial charge in [-0.05, 0) is 12.8 Å². The lowest BCUT2D eigenvalue weighted by atomic mass is 9.98. The van der Waals surface area contributed by atoms with Crippen molar-refractivity contribution in [3.8, 4) is 0 Å². The predicted octanol–water partition coefficient (Wildman–Crippen LogP) is 2.59. The molecule has 104 valence electrons. The molecule has 2 unspecified atom stereocenters. The molecule has 0 saturated carbocycles. The Morgan fingerprint density at radius 2 is 2.21 bits per heavy atom. The van der Waals surface area contributed by atoms with E-state index in [-0.39, 0.29) is 12.0 Å². The Kier molecular flexibility index (Phi) is 2.94. The van der Waals surface area contributed by atoms with Gasteiger partial charge in [0.1, 0.15) is 0 Å². The molecular weight excluding hydrogens is 260 g/mol. The van der Waals surface area contributed by atoms with E-state index in [9.17, 15) is 4.79 Å². The van der Waals surface area contributed by atoms with Crippen molar-refractivity contribution in [3.63, 3.8) is 0 Å². The van der Waals surface area contributed by atoms with Crippen LogP contribution < -0.4 is 0 Å². The molecule has 3 heterocycles. The highest BCUT2D eigenvalue weighted by Gasteiger charge is 2.43. The third-order valence-corrected chi connectivity index (χ3v) is 5.69. The van der Waals surface area contributed by atoms with Crippen molar-refractivity contribution < 1.29 is 9.90 Å². The van der Waals surface area contributed by atoms with Gasteiger partial charge in [0.05, 0.1) is 17.2 Å². The molecule has 2 bridgehead atoms. The minimum Gasteiger partial charge on any atom is -0.480 e. The summed E-state index contributed by atoms with van der Waals surface area (Å²) in [5.74, 6) is -0.721. The lowest BCUT2D eigenvalue weighted by Gasteiger charge is -2.32. The van der Waals surface area contributed by atoms with Gasteiger partial charge in [0.15, 0.2) is 0 Å². The summed E-state index contributed by atoms with van der Waals surface area (Å²) in [4.78, 5) is 19.3. The molecule has 4 nitrogen and oxygen atoms in total. The normalized spacial score (nSPS) is 26.5. The Morgan fingerprint density at radius 1 is 1.47 bits per heavy atom. The van der Waals surface area contributed by atoms with Gasteiger partial charge < -0.3 is 5.11 Å². The number of hydrogen-bond donors (Lipinski definition) is 1. The predicted molar refractivity (Wildman–Crippen MR) is 74.6 cm³/mol. The minimum absolute atomic E-state index is 0.0822. The molecule has 0 spiro atoms. The van der Waals surface area contributed by atoms with Crippen molar-refractivity contribution in [3.05, 3.63) is 15.6 Å². The second-order valence-electron chi connectivity index (χ2n) is 6.60. The van der Waals surface area contributed by atoms with Gasteiger partial charge in [0.2, 0.25) is 0 Å². The molecule has 0 aliphatic carbocycles. The molecule has 2 aliphatic heterocycles. The first kappa shape index (κ1) is 13.1. The third kappa shape index (κ3) is 2.19. The molecule has 19 heavy (non-hydrogen) atoms. The van der Waals surface area contributed by atoms with E-state index in [0.29, 0.717) is 12.1 Å². The van der Waals surface area contributed by atoms with E-state index in [4.69, 9.17) is 10.1 Å². The number of hydrogen-bond acceptors (Lipinski definition) is 4. The molecule has 1 fully saturated rings. The molecular formula is C14H20N2O2S. The number of carboxylic acid groups (broad SMARTS) is 1. The fourth-order valence-electron chi connectivity index (χ4n) is 3.15. The lowest BCUT2D eigenvalue weighted by molar-refractivity contribution is -0.139. The summed E-state index contributed by atoms with van der Waals surface area (Å²) in [7, 11) is 0. The number of aliphatic carboxylic acids is 1. The maximum absolute atomic E-state index is 11.0. The standard InChI is InChI=1S/C14H20N2O2S/c1-14(2,3)13-15-9-6-8-4-5-10(12(9)19-13)16(8)7-11(17)18/h8,10H,4-7H2,1-3H3,(H,17,18). The Morgan fingerprint density at radius 3 is 2.84 bits per heavy atom. The van der Waals surface area contributed by atoms with Crippen LogP contribution in [0.4, 0.5) is 0 Å². The number of carbonyl (C=O) groups is 1. The smallest absolute Gasteiger partial charge is 0.317 e. The van der Waals surface area contributed by atoms with Crippen LogP contribution in [-0.4, -0.2) is 33.5 Å². The van der Waals surface area contributed by atoms with Crippen molar-refractivity contribution in [2.24, 2.45) is 0 Å². The van der Waals surface area contributed by atoms with Crippen LogP contribution in [0.5, 0.6) is 0 Å². The zero-order valence-corrected chi connectivity index (χ0v) is 12.5. The van der Waals surface area contributed by atoms with Gasteiger partial charge in [0.25, 0.3) is 0 Å². The fraction of sp³-hybridized carbons (Fsp3) is 0.714. The summed E-state index contributed by atoms with van der Waals surface area (Å²) < 4.78 is 0. The van der Waals surface area contributed by atoms with Gasteiger partial charge in [-0.2, -0.15) is 0 Å². The Balaban J connectivity index is 1.94. The van der Waals surface area contributed by atoms with Crippen LogP contribution in [0.2, 0.25) is 0 Å². The van der Waals surface area contributed by atoms with Crippen LogP contribution in [0.15, 0.2) is 0 Å². The van der Waals surface area contributed by atoms with E-state index in [1.807, 2.05) is 0 Å². The Bertz CT molecular complexity index is 518. The molecule has 1 aromatic rings. The third-order valence-electron chi connectivity index (χ3n) is 4.06. The zero-order valence-electron chi connectivity index (χ0n) is 11.6. The molecule has 1 N–H and O–H groups in total. The van der Waals surface area contributed by atoms with Crippen LogP contribution in [0.1, 0.15) is 55.2 Å². The SMILES string of the molecule is CC(C)(C)c1nc2c(s1)C1CCC(C2)N1CC(=O)O. The van der Waals surface area contributed by atoms with Crippen LogP contribution >= 0.6 is 11.3 Å². The lowest BCUT2D eigenvalue weighted by Crippen LogP contribution is -2.40. The van der Waals surface area contributed by atoms with E-state index < -0.39 is 5.97 Å². The summed E-state index contributed by atoms with van der Waals surface area (Å²) in [5.41, 5.74) is 1.31. The van der Waals surface area contributed by atoms with E-state index in [1.54, 1.807) is 11.3 Å². The van der Waals surface area contributed by atoms with Crippen LogP contribution in [0.3, 0.4) is 0 Å². The average Bonchev–Trinajstić information content (AvgIpc) is 2.80. The van der Waals surface area contributed by atoms with Gasteiger partial charge in [-0.15, -0.1) is 11.3 Å². The first-order chi connectivity index (χ1) is 8.86. The van der Waals surface area contributed by atoms with E-state index in [1.165, 1.54) is 15.6 Å². The number of thiazole rings is 1. The van der Waals surface area contributed by atoms with Crippen molar-refractivity contribution in [2.45, 2.75) is 57.5 Å². The molecule has 1 saturated heterocycles. The van der Waals surface area contributed by atoms with Gasteiger partial charge in [-0.3, -0.25) is 9.69 Å². The molecule has 0 radical (unpaired) electrons. The summed E-state index contributed by atoms with van der Waals surface area (Å²) in [6.07, 6.45) is 3.11. The number of carboxylic acids is 1. The van der Waals surface area contributed by atoms with Crippen molar-refractivity contribution in [1.29, 1.82) is 0 Å². The van der Waals surface area contributed by atoms with Gasteiger partial charge in [0, 0.05) is 28.8 Å². The maximum atomic E-state index is 11.0. The molecule has 0 aromatic carbocycles. The fourth-order valence-corrected chi connectivity index (χ4v) is 4.45. The quantitative estimate of drug-likeness (QED) is 0.904. The monoisotopic (exact) mass is 280 g/mol. The van der Waals surface area contributed by atoms with Crippen LogP contribution in [-0.2, 0) is 16.6 Å². The maximum Gasteiger partial charge on any atom is 0.317 e. The summed E-state index contributed by atoms with van der Waals surface area (Å²) in [5, 5.41) is 10.2. The molecule has 3 rings (SSSR count). The largest absolute Gasteiger partial charge is 0.480 e. The second-order valence-corrected chi connectivity index (χ2v) is 7.63. The minimum atomic E-state index is -0.721. The summed E-state index contributed by atoms with van der Waals surface area (Å²) in [6, 6.07) is 0.668. The van der Waals surface area contributed by atoms with E-state index >= 15 is 0 Å². The number of fused-ring (bicyclic) bond motifs is 4. The average molecular weight is 280 g/mol. The molecule has 0 amide bonds. The topological polar surface area (TPSA) is 53.4 Å². The van der Waals surface area contributed by atoms with Crippen molar-refractivity contribution in [2.75, 3.05) is 6.54 Å². The van der Waals surface area contributed by atoms with Crippen LogP contribution in [0.25, 0.3) is 0 Å². The summed E-state index contributed by atoms with van der Waals surface area (Å²) in [6.45, 7) is 6.72. The van der Waals surface area contributed by atoms with Crippen LogP contribution in [0, 0.1) is 0 Å². The Hall–Kier alpha value is -0.940. The first-order valence-corrected chi connectivity index (χ1v) is 7.65. The Labute approximate surface area is 117 Å². The van der Waals surface area contributed by atoms with Gasteiger partial charge in [-0.1, -0.05) is 20.8 Å². The number of nitrogens with zero attached hydrogens (tertiary/aromatic N) is 2.